The zero-order valence-corrected chi connectivity index (χ0v) is 18.7. The number of thiophene rings is 1. The van der Waals surface area contributed by atoms with Crippen molar-refractivity contribution in [3.05, 3.63) is 82.6 Å². The summed E-state index contributed by atoms with van der Waals surface area (Å²) < 4.78 is 2.79. The smallest absolute Gasteiger partial charge is 0.213 e. The Balaban J connectivity index is 1.59. The van der Waals surface area contributed by atoms with Crippen LogP contribution in [0.25, 0.3) is 27.5 Å². The highest BCUT2D eigenvalue weighted by Gasteiger charge is 2.19. The molecule has 148 valence electrons. The lowest BCUT2D eigenvalue weighted by Crippen LogP contribution is -2.01. The molecule has 0 aliphatic heterocycles. The van der Waals surface area contributed by atoms with Gasteiger partial charge in [0.15, 0.2) is 0 Å². The molecule has 0 spiro atoms. The van der Waals surface area contributed by atoms with E-state index in [0.717, 1.165) is 41.6 Å². The standard InChI is InChI=1S/C22H15ClN4S3/c23-16-6-8-17(9-7-16)29-21-19(14-4-2-1-3-5-14)26-22(30-21)27-20(24)18(12-25-27)15-10-11-28-13-15/h1-13H,24H2. The topological polar surface area (TPSA) is 56.7 Å². The minimum Gasteiger partial charge on any atom is -0.383 e. The molecule has 0 bridgehead atoms. The van der Waals surface area contributed by atoms with Gasteiger partial charge >= 0.3 is 0 Å². The maximum Gasteiger partial charge on any atom is 0.213 e. The number of hydrogen-bond acceptors (Lipinski definition) is 6. The Morgan fingerprint density at radius 3 is 2.50 bits per heavy atom. The third-order valence-electron chi connectivity index (χ3n) is 4.48. The maximum atomic E-state index is 6.44. The van der Waals surface area contributed by atoms with Gasteiger partial charge in [-0.15, -0.1) is 0 Å². The van der Waals surface area contributed by atoms with Gasteiger partial charge in [-0.2, -0.15) is 21.1 Å². The summed E-state index contributed by atoms with van der Waals surface area (Å²) in [5.41, 5.74) is 10.4. The minimum atomic E-state index is 0.588. The third kappa shape index (κ3) is 3.77. The van der Waals surface area contributed by atoms with Crippen molar-refractivity contribution >= 4 is 51.9 Å². The molecule has 2 N–H and O–H groups in total. The predicted octanol–water partition coefficient (Wildman–Crippen LogP) is 7.11. The number of nitrogens with two attached hydrogens (primary N) is 1. The van der Waals surface area contributed by atoms with Crippen molar-refractivity contribution in [2.45, 2.75) is 9.10 Å². The van der Waals surface area contributed by atoms with E-state index in [1.165, 1.54) is 0 Å². The van der Waals surface area contributed by atoms with Crippen LogP contribution in [0.4, 0.5) is 5.82 Å². The molecule has 5 aromatic rings. The predicted molar refractivity (Wildman–Crippen MR) is 128 cm³/mol. The molecule has 0 saturated heterocycles. The summed E-state index contributed by atoms with van der Waals surface area (Å²) in [5.74, 6) is 0.588. The Kier molecular flexibility index (Phi) is 5.35. The van der Waals surface area contributed by atoms with Crippen LogP contribution >= 0.6 is 46.0 Å². The van der Waals surface area contributed by atoms with E-state index < -0.39 is 0 Å². The van der Waals surface area contributed by atoms with Crippen molar-refractivity contribution in [1.29, 1.82) is 0 Å². The maximum absolute atomic E-state index is 6.44. The Hall–Kier alpha value is -2.58. The van der Waals surface area contributed by atoms with E-state index >= 15 is 0 Å². The van der Waals surface area contributed by atoms with Crippen molar-refractivity contribution < 1.29 is 0 Å². The fraction of sp³-hybridized carbons (Fsp3) is 0. The average molecular weight is 467 g/mol. The Morgan fingerprint density at radius 1 is 0.967 bits per heavy atom. The molecule has 30 heavy (non-hydrogen) atoms. The largest absolute Gasteiger partial charge is 0.383 e. The molecule has 3 heterocycles. The highest BCUT2D eigenvalue weighted by molar-refractivity contribution is 8.01. The number of anilines is 1. The summed E-state index contributed by atoms with van der Waals surface area (Å²) in [4.78, 5) is 6.01. The first-order valence-electron chi connectivity index (χ1n) is 9.05. The molecule has 0 radical (unpaired) electrons. The lowest BCUT2D eigenvalue weighted by Gasteiger charge is -2.02. The van der Waals surface area contributed by atoms with E-state index in [9.17, 15) is 0 Å². The molecule has 0 fully saturated rings. The molecule has 4 nitrogen and oxygen atoms in total. The number of benzene rings is 2. The summed E-state index contributed by atoms with van der Waals surface area (Å²) in [6.07, 6.45) is 1.80. The fourth-order valence-electron chi connectivity index (χ4n) is 2.99. The Morgan fingerprint density at radius 2 is 1.77 bits per heavy atom. The van der Waals surface area contributed by atoms with Crippen LogP contribution in [0.3, 0.4) is 0 Å². The first-order valence-corrected chi connectivity index (χ1v) is 12.0. The second-order valence-electron chi connectivity index (χ2n) is 6.42. The van der Waals surface area contributed by atoms with E-state index in [1.807, 2.05) is 53.9 Å². The third-order valence-corrected chi connectivity index (χ3v) is 7.62. The zero-order chi connectivity index (χ0) is 20.5. The van der Waals surface area contributed by atoms with Gasteiger partial charge in [0, 0.05) is 21.0 Å². The monoisotopic (exact) mass is 466 g/mol. The molecule has 3 aromatic heterocycles. The van der Waals surface area contributed by atoms with Gasteiger partial charge in [-0.1, -0.05) is 65.0 Å². The minimum absolute atomic E-state index is 0.588. The molecule has 8 heteroatoms. The van der Waals surface area contributed by atoms with Crippen molar-refractivity contribution in [2.75, 3.05) is 5.73 Å². The number of aromatic nitrogens is 3. The van der Waals surface area contributed by atoms with Gasteiger partial charge in [0.05, 0.1) is 16.1 Å². The molecule has 0 aliphatic rings. The van der Waals surface area contributed by atoms with Gasteiger partial charge in [0.25, 0.3) is 0 Å². The lowest BCUT2D eigenvalue weighted by atomic mass is 10.2. The van der Waals surface area contributed by atoms with Crippen molar-refractivity contribution in [3.63, 3.8) is 0 Å². The van der Waals surface area contributed by atoms with Crippen molar-refractivity contribution in [2.24, 2.45) is 0 Å². The van der Waals surface area contributed by atoms with Crippen molar-refractivity contribution in [1.82, 2.24) is 14.8 Å². The van der Waals surface area contributed by atoms with Gasteiger partial charge in [-0.25, -0.2) is 4.98 Å². The fourth-order valence-corrected chi connectivity index (χ4v) is 6.00. The SMILES string of the molecule is Nc1c(-c2ccsc2)cnn1-c1nc(-c2ccccc2)c(Sc2ccc(Cl)cc2)s1. The van der Waals surface area contributed by atoms with Gasteiger partial charge in [-0.05, 0) is 46.7 Å². The van der Waals surface area contributed by atoms with Crippen LogP contribution in [0.2, 0.25) is 5.02 Å². The van der Waals surface area contributed by atoms with Gasteiger partial charge in [0.1, 0.15) is 5.82 Å². The lowest BCUT2D eigenvalue weighted by molar-refractivity contribution is 0.881. The second-order valence-corrected chi connectivity index (χ2v) is 9.96. The first kappa shape index (κ1) is 19.4. The number of hydrogen-bond donors (Lipinski definition) is 1. The van der Waals surface area contributed by atoms with Crippen LogP contribution < -0.4 is 5.73 Å². The average Bonchev–Trinajstić information content (AvgIpc) is 3.50. The van der Waals surface area contributed by atoms with Crippen LogP contribution in [0.1, 0.15) is 0 Å². The molecular weight excluding hydrogens is 452 g/mol. The van der Waals surface area contributed by atoms with Crippen LogP contribution in [-0.2, 0) is 0 Å². The molecule has 0 unspecified atom stereocenters. The van der Waals surface area contributed by atoms with Gasteiger partial charge in [-0.3, -0.25) is 0 Å². The summed E-state index contributed by atoms with van der Waals surface area (Å²) >= 11 is 10.9. The van der Waals surface area contributed by atoms with Crippen LogP contribution in [0.5, 0.6) is 0 Å². The molecule has 0 atom stereocenters. The number of nitrogens with zero attached hydrogens (tertiary/aromatic N) is 3. The molecule has 2 aromatic carbocycles. The van der Waals surface area contributed by atoms with Gasteiger partial charge in [0.2, 0.25) is 5.13 Å². The van der Waals surface area contributed by atoms with Crippen molar-refractivity contribution in [3.8, 4) is 27.5 Å². The second kappa shape index (κ2) is 8.28. The van der Waals surface area contributed by atoms with E-state index in [2.05, 4.69) is 22.6 Å². The first-order chi connectivity index (χ1) is 14.7. The van der Waals surface area contributed by atoms with Gasteiger partial charge < -0.3 is 5.73 Å². The number of thiazole rings is 1. The van der Waals surface area contributed by atoms with Crippen LogP contribution in [-0.4, -0.2) is 14.8 Å². The van der Waals surface area contributed by atoms with E-state index in [4.69, 9.17) is 22.3 Å². The quantitative estimate of drug-likeness (QED) is 0.300. The summed E-state index contributed by atoms with van der Waals surface area (Å²) in [6, 6.07) is 20.0. The Labute approximate surface area is 191 Å². The summed E-state index contributed by atoms with van der Waals surface area (Å²) in [5, 5.41) is 10.1. The molecule has 0 amide bonds. The molecule has 0 aliphatic carbocycles. The molecule has 5 rings (SSSR count). The Bertz CT molecular complexity index is 1280. The highest BCUT2D eigenvalue weighted by atomic mass is 35.5. The van der Waals surface area contributed by atoms with Crippen LogP contribution in [0, 0.1) is 0 Å². The zero-order valence-electron chi connectivity index (χ0n) is 15.5. The van der Waals surface area contributed by atoms with Crippen LogP contribution in [0.15, 0.2) is 86.7 Å². The summed E-state index contributed by atoms with van der Waals surface area (Å²) in [6.45, 7) is 0. The number of halogens is 1. The van der Waals surface area contributed by atoms with E-state index in [1.54, 1.807) is 45.3 Å². The van der Waals surface area contributed by atoms with E-state index in [0.29, 0.717) is 5.82 Å². The number of rotatable bonds is 5. The van der Waals surface area contributed by atoms with E-state index in [-0.39, 0.29) is 0 Å². The molecule has 0 saturated carbocycles. The number of nitrogen functional groups attached to an aromatic ring is 1. The molecular formula is C22H15ClN4S3. The highest BCUT2D eigenvalue weighted by Crippen LogP contribution is 2.42. The normalized spacial score (nSPS) is 11.1. The summed E-state index contributed by atoms with van der Waals surface area (Å²) in [7, 11) is 0.